The molecule has 0 fully saturated rings. The molecular weight excluding hydrogens is 340 g/mol. The molecule has 0 saturated carbocycles. The third-order valence-corrected chi connectivity index (χ3v) is 4.23. The van der Waals surface area contributed by atoms with Gasteiger partial charge in [0.1, 0.15) is 17.3 Å². The number of aromatic nitrogens is 2. The molecule has 2 N–H and O–H groups in total. The second kappa shape index (κ2) is 8.31. The topological polar surface area (TPSA) is 76.1 Å². The van der Waals surface area contributed by atoms with E-state index in [1.807, 2.05) is 31.2 Å². The smallest absolute Gasteiger partial charge is 0.275 e. The Hall–Kier alpha value is -3.41. The van der Waals surface area contributed by atoms with Crippen LogP contribution < -0.4 is 15.4 Å². The number of methoxy groups -OCH3 is 1. The van der Waals surface area contributed by atoms with E-state index >= 15 is 0 Å². The first-order chi connectivity index (χ1) is 13.1. The molecule has 6 nitrogen and oxygen atoms in total. The first-order valence-electron chi connectivity index (χ1n) is 8.74. The van der Waals surface area contributed by atoms with Gasteiger partial charge in [-0.15, -0.1) is 0 Å². The zero-order valence-electron chi connectivity index (χ0n) is 15.6. The van der Waals surface area contributed by atoms with Crippen LogP contribution in [0.2, 0.25) is 0 Å². The summed E-state index contributed by atoms with van der Waals surface area (Å²) in [5, 5.41) is 6.09. The average molecular weight is 362 g/mol. The number of carbonyl (C=O) groups excluding carboxylic acids is 1. The molecule has 3 aromatic rings. The van der Waals surface area contributed by atoms with Crippen LogP contribution in [0.25, 0.3) is 0 Å². The number of anilines is 3. The van der Waals surface area contributed by atoms with Gasteiger partial charge < -0.3 is 15.4 Å². The standard InChI is InChI=1S/C21H22N4O2/c1-4-15-9-7-8-14(2)20(15)25-19-13-22-17(12-23-19)21(26)24-16-10-5-6-11-18(16)27-3/h5-13H,4H2,1-3H3,(H,23,25)(H,24,26). The fourth-order valence-corrected chi connectivity index (χ4v) is 2.77. The van der Waals surface area contributed by atoms with Crippen LogP contribution in [0, 0.1) is 6.92 Å². The van der Waals surface area contributed by atoms with Crippen molar-refractivity contribution in [3.05, 3.63) is 71.7 Å². The molecule has 0 saturated heterocycles. The normalized spacial score (nSPS) is 10.3. The summed E-state index contributed by atoms with van der Waals surface area (Å²) in [5.74, 6) is 0.834. The van der Waals surface area contributed by atoms with Gasteiger partial charge in [0, 0.05) is 5.69 Å². The van der Waals surface area contributed by atoms with Crippen molar-refractivity contribution in [1.82, 2.24) is 9.97 Å². The first kappa shape index (κ1) is 18.4. The molecular formula is C21H22N4O2. The molecule has 1 amide bonds. The molecule has 0 aliphatic rings. The summed E-state index contributed by atoms with van der Waals surface area (Å²) in [7, 11) is 1.56. The Labute approximate surface area is 158 Å². The van der Waals surface area contributed by atoms with E-state index in [1.54, 1.807) is 25.4 Å². The molecule has 6 heteroatoms. The highest BCUT2D eigenvalue weighted by Crippen LogP contribution is 2.25. The lowest BCUT2D eigenvalue weighted by Gasteiger charge is -2.13. The van der Waals surface area contributed by atoms with Crippen LogP contribution in [0.5, 0.6) is 5.75 Å². The Bertz CT molecular complexity index is 939. The van der Waals surface area contributed by atoms with E-state index in [1.165, 1.54) is 11.8 Å². The SMILES string of the molecule is CCc1cccc(C)c1Nc1cnc(C(=O)Nc2ccccc2OC)cn1. The number of benzene rings is 2. The number of nitrogens with zero attached hydrogens (tertiary/aromatic N) is 2. The highest BCUT2D eigenvalue weighted by Gasteiger charge is 2.12. The predicted molar refractivity (Wildman–Crippen MR) is 107 cm³/mol. The van der Waals surface area contributed by atoms with Crippen molar-refractivity contribution in [2.24, 2.45) is 0 Å². The fourth-order valence-electron chi connectivity index (χ4n) is 2.77. The molecule has 3 rings (SSSR count). The zero-order valence-corrected chi connectivity index (χ0v) is 15.6. The van der Waals surface area contributed by atoms with Gasteiger partial charge in [-0.1, -0.05) is 37.3 Å². The molecule has 138 valence electrons. The summed E-state index contributed by atoms with van der Waals surface area (Å²) >= 11 is 0. The summed E-state index contributed by atoms with van der Waals surface area (Å²) in [5.41, 5.74) is 4.18. The Morgan fingerprint density at radius 1 is 1.07 bits per heavy atom. The zero-order chi connectivity index (χ0) is 19.2. The van der Waals surface area contributed by atoms with E-state index in [9.17, 15) is 4.79 Å². The van der Waals surface area contributed by atoms with E-state index in [0.29, 0.717) is 17.3 Å². The van der Waals surface area contributed by atoms with Gasteiger partial charge in [-0.2, -0.15) is 0 Å². The van der Waals surface area contributed by atoms with Gasteiger partial charge in [-0.05, 0) is 36.6 Å². The summed E-state index contributed by atoms with van der Waals surface area (Å²) < 4.78 is 5.24. The van der Waals surface area contributed by atoms with E-state index in [4.69, 9.17) is 4.74 Å². The maximum atomic E-state index is 12.4. The quantitative estimate of drug-likeness (QED) is 0.682. The highest BCUT2D eigenvalue weighted by molar-refractivity contribution is 6.03. The van der Waals surface area contributed by atoms with E-state index in [0.717, 1.165) is 17.7 Å². The van der Waals surface area contributed by atoms with Crippen LogP contribution in [0.15, 0.2) is 54.9 Å². The monoisotopic (exact) mass is 362 g/mol. The first-order valence-corrected chi connectivity index (χ1v) is 8.74. The van der Waals surface area contributed by atoms with Gasteiger partial charge in [-0.3, -0.25) is 4.79 Å². The number of aryl methyl sites for hydroxylation is 2. The third-order valence-electron chi connectivity index (χ3n) is 4.23. The number of amides is 1. The van der Waals surface area contributed by atoms with Crippen molar-refractivity contribution < 1.29 is 9.53 Å². The number of carbonyl (C=O) groups is 1. The molecule has 27 heavy (non-hydrogen) atoms. The molecule has 0 aliphatic heterocycles. The lowest BCUT2D eigenvalue weighted by atomic mass is 10.1. The highest BCUT2D eigenvalue weighted by atomic mass is 16.5. The molecule has 0 aliphatic carbocycles. The predicted octanol–water partition coefficient (Wildman–Crippen LogP) is 4.35. The minimum atomic E-state index is -0.344. The maximum Gasteiger partial charge on any atom is 0.275 e. The molecule has 1 heterocycles. The van der Waals surface area contributed by atoms with Gasteiger partial charge in [0.2, 0.25) is 0 Å². The third kappa shape index (κ3) is 4.23. The molecule has 2 aromatic carbocycles. The largest absolute Gasteiger partial charge is 0.495 e. The lowest BCUT2D eigenvalue weighted by molar-refractivity contribution is 0.102. The van der Waals surface area contributed by atoms with Crippen molar-refractivity contribution in [1.29, 1.82) is 0 Å². The van der Waals surface area contributed by atoms with Gasteiger partial charge >= 0.3 is 0 Å². The Morgan fingerprint density at radius 3 is 2.59 bits per heavy atom. The molecule has 0 unspecified atom stereocenters. The number of hydrogen-bond donors (Lipinski definition) is 2. The van der Waals surface area contributed by atoms with Crippen LogP contribution >= 0.6 is 0 Å². The summed E-state index contributed by atoms with van der Waals surface area (Å²) in [6.45, 7) is 4.15. The van der Waals surface area contributed by atoms with Crippen molar-refractivity contribution in [2.75, 3.05) is 17.7 Å². The average Bonchev–Trinajstić information content (AvgIpc) is 2.70. The Balaban J connectivity index is 1.75. The van der Waals surface area contributed by atoms with Crippen LogP contribution in [0.3, 0.4) is 0 Å². The number of ether oxygens (including phenoxy) is 1. The van der Waals surface area contributed by atoms with Crippen molar-refractivity contribution >= 4 is 23.1 Å². The minimum absolute atomic E-state index is 0.229. The van der Waals surface area contributed by atoms with Gasteiger partial charge in [0.25, 0.3) is 5.91 Å². The molecule has 0 atom stereocenters. The molecule has 1 aromatic heterocycles. The van der Waals surface area contributed by atoms with Gasteiger partial charge in [-0.25, -0.2) is 9.97 Å². The van der Waals surface area contributed by atoms with Gasteiger partial charge in [0.05, 0.1) is 25.2 Å². The van der Waals surface area contributed by atoms with Crippen molar-refractivity contribution in [2.45, 2.75) is 20.3 Å². The molecule has 0 bridgehead atoms. The summed E-state index contributed by atoms with van der Waals surface area (Å²) in [6.07, 6.45) is 3.93. The number of hydrogen-bond acceptors (Lipinski definition) is 5. The van der Waals surface area contributed by atoms with Crippen LogP contribution in [0.4, 0.5) is 17.2 Å². The van der Waals surface area contributed by atoms with E-state index < -0.39 is 0 Å². The molecule has 0 spiro atoms. The molecule has 0 radical (unpaired) electrons. The fraction of sp³-hybridized carbons (Fsp3) is 0.190. The van der Waals surface area contributed by atoms with Crippen molar-refractivity contribution in [3.8, 4) is 5.75 Å². The second-order valence-electron chi connectivity index (χ2n) is 6.03. The minimum Gasteiger partial charge on any atom is -0.495 e. The number of para-hydroxylation sites is 3. The Morgan fingerprint density at radius 2 is 1.89 bits per heavy atom. The van der Waals surface area contributed by atoms with Crippen LogP contribution in [0.1, 0.15) is 28.5 Å². The number of rotatable bonds is 6. The summed E-state index contributed by atoms with van der Waals surface area (Å²) in [4.78, 5) is 21.0. The van der Waals surface area contributed by atoms with E-state index in [2.05, 4.69) is 33.6 Å². The Kier molecular flexibility index (Phi) is 5.66. The lowest BCUT2D eigenvalue weighted by Crippen LogP contribution is -2.15. The van der Waals surface area contributed by atoms with E-state index in [-0.39, 0.29) is 11.6 Å². The van der Waals surface area contributed by atoms with Gasteiger partial charge in [0.15, 0.2) is 0 Å². The van der Waals surface area contributed by atoms with Crippen LogP contribution in [-0.4, -0.2) is 23.0 Å². The second-order valence-corrected chi connectivity index (χ2v) is 6.03. The van der Waals surface area contributed by atoms with Crippen molar-refractivity contribution in [3.63, 3.8) is 0 Å². The number of nitrogens with one attached hydrogen (secondary N) is 2. The summed E-state index contributed by atoms with van der Waals surface area (Å²) in [6, 6.07) is 13.4. The maximum absolute atomic E-state index is 12.4. The van der Waals surface area contributed by atoms with Crippen LogP contribution in [-0.2, 0) is 6.42 Å².